The topological polar surface area (TPSA) is 106 Å². The highest BCUT2D eigenvalue weighted by molar-refractivity contribution is 7.89. The van der Waals surface area contributed by atoms with Crippen LogP contribution < -0.4 is 5.73 Å². The summed E-state index contributed by atoms with van der Waals surface area (Å²) in [6.45, 7) is 1.37. The van der Waals surface area contributed by atoms with E-state index < -0.39 is 52.0 Å². The molecule has 30 heavy (non-hydrogen) atoms. The Labute approximate surface area is 168 Å². The number of carbonyl (C=O) groups excluding carboxylic acids is 1. The number of hydrogen-bond donors (Lipinski definition) is 1. The average molecular weight is 452 g/mol. The van der Waals surface area contributed by atoms with Gasteiger partial charge in [0.25, 0.3) is 0 Å². The van der Waals surface area contributed by atoms with Crippen molar-refractivity contribution in [1.29, 1.82) is 0 Å². The summed E-state index contributed by atoms with van der Waals surface area (Å²) in [5.74, 6) is -2.59. The number of amides is 1. The average Bonchev–Trinajstić information content (AvgIpc) is 2.98. The van der Waals surface area contributed by atoms with E-state index in [0.717, 1.165) is 41.0 Å². The number of carbonyl (C=O) groups is 1. The molecule has 1 aromatic carbocycles. The number of nitrogens with two attached hydrogens (primary N) is 1. The number of benzene rings is 1. The van der Waals surface area contributed by atoms with E-state index in [1.165, 1.54) is 13.0 Å². The Hall–Kier alpha value is -2.67. The molecule has 0 spiro atoms. The molecule has 164 valence electrons. The van der Waals surface area contributed by atoms with Gasteiger partial charge in [0, 0.05) is 18.8 Å². The predicted molar refractivity (Wildman–Crippen MR) is 94.4 cm³/mol. The van der Waals surface area contributed by atoms with Gasteiger partial charge in [0.05, 0.1) is 10.9 Å². The maximum Gasteiger partial charge on any atom is 0.451 e. The van der Waals surface area contributed by atoms with E-state index in [1.807, 2.05) is 0 Å². The molecular formula is C17H17F5N4O3S. The Morgan fingerprint density at radius 1 is 1.17 bits per heavy atom. The third-order valence-electron chi connectivity index (χ3n) is 4.22. The molecule has 0 bridgehead atoms. The second-order valence-corrected chi connectivity index (χ2v) is 8.11. The van der Waals surface area contributed by atoms with Crippen LogP contribution in [0.25, 0.3) is 0 Å². The SMILES string of the molecule is CC1C(F)CC(C(N)=O)N1S(=O)(=O)c1ccc(F)cc1.FC(F)(F)c1ncccn1. The first-order valence-corrected chi connectivity index (χ1v) is 9.86. The summed E-state index contributed by atoms with van der Waals surface area (Å²) in [4.78, 5) is 17.1. The van der Waals surface area contributed by atoms with Crippen LogP contribution in [-0.2, 0) is 21.0 Å². The van der Waals surface area contributed by atoms with Gasteiger partial charge < -0.3 is 5.73 Å². The summed E-state index contributed by atoms with van der Waals surface area (Å²) < 4.78 is 87.2. The lowest BCUT2D eigenvalue weighted by atomic mass is 10.2. The summed E-state index contributed by atoms with van der Waals surface area (Å²) in [5, 5.41) is 0. The van der Waals surface area contributed by atoms with E-state index in [0.29, 0.717) is 0 Å². The lowest BCUT2D eigenvalue weighted by Gasteiger charge is -2.25. The number of hydrogen-bond acceptors (Lipinski definition) is 5. The van der Waals surface area contributed by atoms with Crippen molar-refractivity contribution in [3.8, 4) is 0 Å². The minimum Gasteiger partial charge on any atom is -0.368 e. The molecule has 2 N–H and O–H groups in total. The molecule has 2 aromatic rings. The van der Waals surface area contributed by atoms with Crippen molar-refractivity contribution in [1.82, 2.24) is 14.3 Å². The van der Waals surface area contributed by atoms with Crippen LogP contribution in [0.15, 0.2) is 47.6 Å². The van der Waals surface area contributed by atoms with Crippen molar-refractivity contribution < 1.29 is 35.2 Å². The van der Waals surface area contributed by atoms with Crippen molar-refractivity contribution in [3.05, 3.63) is 54.4 Å². The van der Waals surface area contributed by atoms with Gasteiger partial charge in [0.1, 0.15) is 18.0 Å². The number of nitrogens with zero attached hydrogens (tertiary/aromatic N) is 3. The van der Waals surface area contributed by atoms with Gasteiger partial charge in [-0.15, -0.1) is 0 Å². The Morgan fingerprint density at radius 3 is 2.13 bits per heavy atom. The lowest BCUT2D eigenvalue weighted by molar-refractivity contribution is -0.145. The molecule has 3 atom stereocenters. The van der Waals surface area contributed by atoms with E-state index in [1.54, 1.807) is 0 Å². The number of rotatable bonds is 3. The largest absolute Gasteiger partial charge is 0.451 e. The molecular weight excluding hydrogens is 435 g/mol. The van der Waals surface area contributed by atoms with E-state index in [2.05, 4.69) is 9.97 Å². The highest BCUT2D eigenvalue weighted by Gasteiger charge is 2.48. The van der Waals surface area contributed by atoms with Crippen LogP contribution >= 0.6 is 0 Å². The van der Waals surface area contributed by atoms with Crippen molar-refractivity contribution >= 4 is 15.9 Å². The molecule has 0 aliphatic carbocycles. The molecule has 1 aliphatic heterocycles. The van der Waals surface area contributed by atoms with Crippen molar-refractivity contribution in [3.63, 3.8) is 0 Å². The predicted octanol–water partition coefficient (Wildman–Crippen LogP) is 2.30. The van der Waals surface area contributed by atoms with Gasteiger partial charge in [-0.25, -0.2) is 27.2 Å². The minimum absolute atomic E-state index is 0.203. The number of primary amides is 1. The fourth-order valence-electron chi connectivity index (χ4n) is 2.76. The van der Waals surface area contributed by atoms with Gasteiger partial charge in [-0.05, 0) is 37.3 Å². The fraction of sp³-hybridized carbons (Fsp3) is 0.353. The third kappa shape index (κ3) is 5.27. The van der Waals surface area contributed by atoms with Gasteiger partial charge in [-0.3, -0.25) is 4.79 Å². The van der Waals surface area contributed by atoms with Gasteiger partial charge in [0.15, 0.2) is 0 Å². The quantitative estimate of drug-likeness (QED) is 0.720. The molecule has 2 heterocycles. The third-order valence-corrected chi connectivity index (χ3v) is 6.23. The van der Waals surface area contributed by atoms with E-state index in [-0.39, 0.29) is 11.3 Å². The summed E-state index contributed by atoms with van der Waals surface area (Å²) in [7, 11) is -4.11. The molecule has 1 fully saturated rings. The Morgan fingerprint density at radius 2 is 1.70 bits per heavy atom. The van der Waals surface area contributed by atoms with E-state index >= 15 is 0 Å². The zero-order chi connectivity index (χ0) is 22.7. The first kappa shape index (κ1) is 23.6. The number of halogens is 5. The zero-order valence-electron chi connectivity index (χ0n) is 15.4. The summed E-state index contributed by atoms with van der Waals surface area (Å²) >= 11 is 0. The summed E-state index contributed by atoms with van der Waals surface area (Å²) in [6.07, 6.45) is -4.06. The van der Waals surface area contributed by atoms with Crippen LogP contribution in [-0.4, -0.2) is 46.9 Å². The van der Waals surface area contributed by atoms with Crippen molar-refractivity contribution in [2.75, 3.05) is 0 Å². The van der Waals surface area contributed by atoms with Gasteiger partial charge in [-0.2, -0.15) is 17.5 Å². The number of alkyl halides is 4. The van der Waals surface area contributed by atoms with Gasteiger partial charge in [-0.1, -0.05) is 0 Å². The zero-order valence-corrected chi connectivity index (χ0v) is 16.2. The van der Waals surface area contributed by atoms with Crippen LogP contribution in [0.5, 0.6) is 0 Å². The smallest absolute Gasteiger partial charge is 0.368 e. The molecule has 1 aliphatic rings. The molecule has 3 rings (SSSR count). The monoisotopic (exact) mass is 452 g/mol. The molecule has 1 saturated heterocycles. The molecule has 0 saturated carbocycles. The first-order chi connectivity index (χ1) is 13.9. The van der Waals surface area contributed by atoms with Crippen LogP contribution in [0.4, 0.5) is 22.0 Å². The van der Waals surface area contributed by atoms with Crippen molar-refractivity contribution in [2.45, 2.75) is 42.7 Å². The second kappa shape index (κ2) is 9.00. The maximum absolute atomic E-state index is 13.7. The van der Waals surface area contributed by atoms with Gasteiger partial charge >= 0.3 is 6.18 Å². The Bertz CT molecular complexity index is 971. The normalized spacial score (nSPS) is 22.3. The van der Waals surface area contributed by atoms with E-state index in [4.69, 9.17) is 5.73 Å². The van der Waals surface area contributed by atoms with Crippen LogP contribution in [0.2, 0.25) is 0 Å². The summed E-state index contributed by atoms with van der Waals surface area (Å²) in [5.41, 5.74) is 5.14. The standard InChI is InChI=1S/C12H14F2N2O3S.C5H3F3N2/c1-7-10(14)6-11(12(15)17)16(7)20(18,19)9-4-2-8(13)3-5-9;6-5(7,8)4-9-2-1-3-10-4/h2-5,7,10-11H,6H2,1H3,(H2,15,17);1-3H. The number of sulfonamides is 1. The molecule has 3 unspecified atom stereocenters. The molecule has 1 amide bonds. The molecule has 1 aromatic heterocycles. The summed E-state index contributed by atoms with van der Waals surface area (Å²) in [6, 6.07) is 3.22. The maximum atomic E-state index is 13.7. The van der Waals surface area contributed by atoms with Crippen molar-refractivity contribution in [2.24, 2.45) is 5.73 Å². The van der Waals surface area contributed by atoms with E-state index in [9.17, 15) is 35.2 Å². The van der Waals surface area contributed by atoms with Crippen LogP contribution in [0.3, 0.4) is 0 Å². The first-order valence-electron chi connectivity index (χ1n) is 8.42. The minimum atomic E-state index is -4.43. The second-order valence-electron chi connectivity index (χ2n) is 6.27. The van der Waals surface area contributed by atoms with Crippen LogP contribution in [0.1, 0.15) is 19.2 Å². The lowest BCUT2D eigenvalue weighted by Crippen LogP contribution is -2.46. The number of aromatic nitrogens is 2. The van der Waals surface area contributed by atoms with Crippen LogP contribution in [0, 0.1) is 5.82 Å². The molecule has 13 heteroatoms. The fourth-order valence-corrected chi connectivity index (χ4v) is 4.58. The molecule has 0 radical (unpaired) electrons. The Balaban J connectivity index is 0.000000269. The highest BCUT2D eigenvalue weighted by Crippen LogP contribution is 2.32. The highest BCUT2D eigenvalue weighted by atomic mass is 32.2. The van der Waals surface area contributed by atoms with Gasteiger partial charge in [0.2, 0.25) is 21.8 Å². The Kier molecular flexibility index (Phi) is 7.08. The molecule has 7 nitrogen and oxygen atoms in total.